The second kappa shape index (κ2) is 6.80. The van der Waals surface area contributed by atoms with Gasteiger partial charge in [0.15, 0.2) is 0 Å². The van der Waals surface area contributed by atoms with Gasteiger partial charge in [0.25, 0.3) is 0 Å². The number of hydrogen-bond acceptors (Lipinski definition) is 4. The van der Waals surface area contributed by atoms with E-state index in [4.69, 9.17) is 10.5 Å². The maximum atomic E-state index is 13.2. The van der Waals surface area contributed by atoms with Gasteiger partial charge < -0.3 is 21.1 Å². The van der Waals surface area contributed by atoms with Gasteiger partial charge in [-0.05, 0) is 24.6 Å². The van der Waals surface area contributed by atoms with Crippen molar-refractivity contribution in [3.63, 3.8) is 0 Å². The predicted molar refractivity (Wildman–Crippen MR) is 68.9 cm³/mol. The molecule has 0 aromatic heterocycles. The average Bonchev–Trinajstić information content (AvgIpc) is 2.32. The Morgan fingerprint density at radius 3 is 2.89 bits per heavy atom. The molecule has 0 spiro atoms. The van der Waals surface area contributed by atoms with Crippen LogP contribution >= 0.6 is 0 Å². The number of nitrogens with one attached hydrogen (secondary N) is 2. The molecule has 0 aliphatic carbocycles. The second-order valence-corrected chi connectivity index (χ2v) is 3.88. The summed E-state index contributed by atoms with van der Waals surface area (Å²) in [6, 6.07) is 2.81. The van der Waals surface area contributed by atoms with Gasteiger partial charge in [0.05, 0.1) is 24.5 Å². The van der Waals surface area contributed by atoms with Gasteiger partial charge >= 0.3 is 0 Å². The van der Waals surface area contributed by atoms with Crippen LogP contribution in [0.4, 0.5) is 15.8 Å². The highest BCUT2D eigenvalue weighted by Gasteiger charge is 2.06. The minimum atomic E-state index is -0.359. The Hall–Kier alpha value is -1.82. The van der Waals surface area contributed by atoms with Crippen molar-refractivity contribution < 1.29 is 13.9 Å². The maximum Gasteiger partial charge on any atom is 0.239 e. The van der Waals surface area contributed by atoms with Crippen molar-refractivity contribution >= 4 is 17.3 Å². The number of rotatable bonds is 6. The Labute approximate surface area is 106 Å². The summed E-state index contributed by atoms with van der Waals surface area (Å²) in [5.41, 5.74) is 6.95. The largest absolute Gasteiger partial charge is 0.397 e. The Morgan fingerprint density at radius 1 is 1.50 bits per heavy atom. The average molecular weight is 255 g/mol. The Morgan fingerprint density at radius 2 is 2.22 bits per heavy atom. The fourth-order valence-corrected chi connectivity index (χ4v) is 1.38. The molecule has 0 saturated heterocycles. The first-order chi connectivity index (χ1) is 8.54. The predicted octanol–water partition coefficient (Wildman–Crippen LogP) is 0.891. The molecule has 0 heterocycles. The lowest BCUT2D eigenvalue weighted by Crippen LogP contribution is -2.32. The van der Waals surface area contributed by atoms with E-state index >= 15 is 0 Å². The fraction of sp³-hybridized carbons (Fsp3) is 0.417. The summed E-state index contributed by atoms with van der Waals surface area (Å²) in [5.74, 6) is -0.531. The van der Waals surface area contributed by atoms with Crippen molar-refractivity contribution in [1.82, 2.24) is 5.32 Å². The number of ether oxygens (including phenoxy) is 1. The molecule has 18 heavy (non-hydrogen) atoms. The first kappa shape index (κ1) is 14.2. The molecule has 6 heteroatoms. The quantitative estimate of drug-likeness (QED) is 0.521. The number of nitrogen functional groups attached to an aromatic ring is 1. The summed E-state index contributed by atoms with van der Waals surface area (Å²) in [6.07, 6.45) is 0. The van der Waals surface area contributed by atoms with Crippen molar-refractivity contribution in [3.8, 4) is 0 Å². The van der Waals surface area contributed by atoms with Crippen LogP contribution in [0.5, 0.6) is 0 Å². The maximum absolute atomic E-state index is 13.2. The molecule has 1 aromatic carbocycles. The number of aryl methyl sites for hydroxylation is 1. The summed E-state index contributed by atoms with van der Waals surface area (Å²) in [6.45, 7) is 2.63. The third-order valence-electron chi connectivity index (χ3n) is 2.40. The Balaban J connectivity index is 2.48. The third-order valence-corrected chi connectivity index (χ3v) is 2.40. The van der Waals surface area contributed by atoms with Crippen LogP contribution in [-0.4, -0.2) is 32.7 Å². The number of amides is 1. The summed E-state index contributed by atoms with van der Waals surface area (Å²) in [5, 5.41) is 5.52. The van der Waals surface area contributed by atoms with Crippen molar-refractivity contribution in [2.24, 2.45) is 0 Å². The van der Waals surface area contributed by atoms with Crippen molar-refractivity contribution in [2.45, 2.75) is 6.92 Å². The highest BCUT2D eigenvalue weighted by Crippen LogP contribution is 2.22. The number of carbonyl (C=O) groups is 1. The number of nitrogens with two attached hydrogens (primary N) is 1. The molecule has 0 bridgehead atoms. The van der Waals surface area contributed by atoms with E-state index in [0.29, 0.717) is 24.4 Å². The van der Waals surface area contributed by atoms with Gasteiger partial charge in [-0.25, -0.2) is 4.39 Å². The van der Waals surface area contributed by atoms with Gasteiger partial charge in [-0.2, -0.15) is 0 Å². The molecule has 1 aromatic rings. The van der Waals surface area contributed by atoms with Crippen LogP contribution in [0.3, 0.4) is 0 Å². The Kier molecular flexibility index (Phi) is 5.38. The van der Waals surface area contributed by atoms with Crippen LogP contribution in [0.1, 0.15) is 5.56 Å². The zero-order chi connectivity index (χ0) is 13.5. The number of methoxy groups -OCH3 is 1. The van der Waals surface area contributed by atoms with Crippen molar-refractivity contribution in [3.05, 3.63) is 23.5 Å². The summed E-state index contributed by atoms with van der Waals surface area (Å²) < 4.78 is 18.0. The van der Waals surface area contributed by atoms with Crippen LogP contribution in [-0.2, 0) is 9.53 Å². The van der Waals surface area contributed by atoms with E-state index in [1.54, 1.807) is 20.1 Å². The van der Waals surface area contributed by atoms with Gasteiger partial charge in [0.1, 0.15) is 5.82 Å². The lowest BCUT2D eigenvalue weighted by Gasteiger charge is -2.11. The normalized spacial score (nSPS) is 10.2. The standard InChI is InChI=1S/C12H18FN3O2/c1-8-5-11(10(14)6-9(8)13)16-7-12(17)15-3-4-18-2/h5-6,16H,3-4,7,14H2,1-2H3,(H,15,17). The molecule has 100 valence electrons. The zero-order valence-electron chi connectivity index (χ0n) is 10.5. The highest BCUT2D eigenvalue weighted by molar-refractivity contribution is 5.82. The van der Waals surface area contributed by atoms with Gasteiger partial charge in [-0.15, -0.1) is 0 Å². The number of anilines is 2. The molecule has 0 atom stereocenters. The second-order valence-electron chi connectivity index (χ2n) is 3.88. The lowest BCUT2D eigenvalue weighted by molar-refractivity contribution is -0.119. The number of benzene rings is 1. The molecule has 1 rings (SSSR count). The first-order valence-electron chi connectivity index (χ1n) is 5.59. The van der Waals surface area contributed by atoms with Gasteiger partial charge in [-0.3, -0.25) is 4.79 Å². The van der Waals surface area contributed by atoms with Gasteiger partial charge in [0.2, 0.25) is 5.91 Å². The molecular formula is C12H18FN3O2. The van der Waals surface area contributed by atoms with Crippen molar-refractivity contribution in [2.75, 3.05) is 37.9 Å². The number of hydrogen-bond donors (Lipinski definition) is 3. The monoisotopic (exact) mass is 255 g/mol. The number of halogens is 1. The van der Waals surface area contributed by atoms with E-state index in [0.717, 1.165) is 0 Å². The van der Waals surface area contributed by atoms with Crippen molar-refractivity contribution in [1.29, 1.82) is 0 Å². The molecule has 5 nitrogen and oxygen atoms in total. The molecule has 0 unspecified atom stereocenters. The minimum Gasteiger partial charge on any atom is -0.397 e. The topological polar surface area (TPSA) is 76.4 Å². The summed E-state index contributed by atoms with van der Waals surface area (Å²) in [7, 11) is 1.56. The molecule has 0 aliphatic heterocycles. The molecule has 1 amide bonds. The molecule has 0 radical (unpaired) electrons. The third kappa shape index (κ3) is 4.21. The van der Waals surface area contributed by atoms with E-state index in [2.05, 4.69) is 10.6 Å². The van der Waals surface area contributed by atoms with Crippen LogP contribution in [0.15, 0.2) is 12.1 Å². The molecule has 4 N–H and O–H groups in total. The molecule has 0 saturated carbocycles. The number of carbonyl (C=O) groups excluding carboxylic acids is 1. The first-order valence-corrected chi connectivity index (χ1v) is 5.59. The van der Waals surface area contributed by atoms with Gasteiger partial charge in [0, 0.05) is 13.7 Å². The van der Waals surface area contributed by atoms with E-state index in [1.165, 1.54) is 6.07 Å². The minimum absolute atomic E-state index is 0.0823. The smallest absolute Gasteiger partial charge is 0.239 e. The van der Waals surface area contributed by atoms with E-state index in [-0.39, 0.29) is 24.0 Å². The van der Waals surface area contributed by atoms with E-state index < -0.39 is 0 Å². The van der Waals surface area contributed by atoms with E-state index in [1.807, 2.05) is 0 Å². The zero-order valence-corrected chi connectivity index (χ0v) is 10.5. The lowest BCUT2D eigenvalue weighted by atomic mass is 10.2. The summed E-state index contributed by atoms with van der Waals surface area (Å²) >= 11 is 0. The summed E-state index contributed by atoms with van der Waals surface area (Å²) in [4.78, 5) is 11.4. The van der Waals surface area contributed by atoms with Crippen LogP contribution < -0.4 is 16.4 Å². The molecular weight excluding hydrogens is 237 g/mol. The van der Waals surface area contributed by atoms with Crippen LogP contribution in [0, 0.1) is 12.7 Å². The fourth-order valence-electron chi connectivity index (χ4n) is 1.38. The Bertz CT molecular complexity index is 424. The SMILES string of the molecule is COCCNC(=O)CNc1cc(C)c(F)cc1N. The van der Waals surface area contributed by atoms with Gasteiger partial charge in [-0.1, -0.05) is 0 Å². The highest BCUT2D eigenvalue weighted by atomic mass is 19.1. The van der Waals surface area contributed by atoms with Crippen LogP contribution in [0.2, 0.25) is 0 Å². The van der Waals surface area contributed by atoms with Crippen LogP contribution in [0.25, 0.3) is 0 Å². The van der Waals surface area contributed by atoms with E-state index in [9.17, 15) is 9.18 Å². The molecule has 0 fully saturated rings. The molecule has 0 aliphatic rings.